The molecule has 0 aliphatic rings. The molecule has 0 unspecified atom stereocenters. The Morgan fingerprint density at radius 3 is 2.47 bits per heavy atom. The predicted molar refractivity (Wildman–Crippen MR) is 59.9 cm³/mol. The van der Waals surface area contributed by atoms with Crippen LogP contribution in [0.4, 0.5) is 4.79 Å². The van der Waals surface area contributed by atoms with Gasteiger partial charge in [0.1, 0.15) is 0 Å². The fourth-order valence-electron chi connectivity index (χ4n) is 0.669. The lowest BCUT2D eigenvalue weighted by Crippen LogP contribution is -2.46. The van der Waals surface area contributed by atoms with Crippen molar-refractivity contribution in [1.29, 1.82) is 5.41 Å². The van der Waals surface area contributed by atoms with E-state index < -0.39 is 15.7 Å². The largest absolute Gasteiger partial charge is 0.347 e. The summed E-state index contributed by atoms with van der Waals surface area (Å²) in [6, 6.07) is -0.889. The first-order chi connectivity index (χ1) is 6.80. The van der Waals surface area contributed by atoms with Gasteiger partial charge in [-0.05, 0) is 6.42 Å². The maximum absolute atomic E-state index is 11.2. The monoisotopic (exact) mass is 275 g/mol. The molecule has 0 aliphatic heterocycles. The van der Waals surface area contributed by atoms with Gasteiger partial charge in [0.25, 0.3) is 0 Å². The molecule has 0 heterocycles. The zero-order chi connectivity index (χ0) is 12.1. The molecule has 0 spiro atoms. The minimum absolute atomic E-state index is 0.0251. The van der Waals surface area contributed by atoms with Crippen molar-refractivity contribution in [2.24, 2.45) is 0 Å². The normalized spacial score (nSPS) is 11.0. The standard InChI is InChI=1S/C7H12Cl3N3O2/c1-2-3-4-12-6(14)13(15)5(11)7(8,9)10/h11,15H,2-4H2,1H3,(H,12,14). The van der Waals surface area contributed by atoms with Crippen LogP contribution in [0, 0.1) is 5.41 Å². The number of unbranched alkanes of at least 4 members (excludes halogenated alkanes) is 1. The highest BCUT2D eigenvalue weighted by Crippen LogP contribution is 2.28. The molecule has 88 valence electrons. The second-order valence-corrected chi connectivity index (χ2v) is 5.02. The third-order valence-corrected chi connectivity index (χ3v) is 2.02. The van der Waals surface area contributed by atoms with Gasteiger partial charge < -0.3 is 5.32 Å². The molecule has 0 radical (unpaired) electrons. The van der Waals surface area contributed by atoms with Crippen LogP contribution in [0.2, 0.25) is 0 Å². The smallest absolute Gasteiger partial charge is 0.336 e. The molecule has 8 heteroatoms. The Morgan fingerprint density at radius 2 is 2.07 bits per heavy atom. The first-order valence-corrected chi connectivity index (χ1v) is 5.36. The van der Waals surface area contributed by atoms with Crippen molar-refractivity contribution >= 4 is 46.7 Å². The van der Waals surface area contributed by atoms with Crippen LogP contribution in [0.3, 0.4) is 0 Å². The number of amides is 2. The Labute approximate surface area is 103 Å². The summed E-state index contributed by atoms with van der Waals surface area (Å²) in [6.07, 6.45) is 1.66. The Kier molecular flexibility index (Phi) is 6.28. The summed E-state index contributed by atoms with van der Waals surface area (Å²) in [5, 5.41) is 18.7. The summed E-state index contributed by atoms with van der Waals surface area (Å²) in [5.41, 5.74) is 0. The van der Waals surface area contributed by atoms with Crippen LogP contribution in [0.15, 0.2) is 0 Å². The van der Waals surface area contributed by atoms with E-state index in [2.05, 4.69) is 5.32 Å². The molecule has 0 bridgehead atoms. The van der Waals surface area contributed by atoms with Crippen LogP contribution in [0.1, 0.15) is 19.8 Å². The topological polar surface area (TPSA) is 76.4 Å². The van der Waals surface area contributed by atoms with Crippen LogP contribution in [0.5, 0.6) is 0 Å². The summed E-state index contributed by atoms with van der Waals surface area (Å²) in [4.78, 5) is 11.2. The zero-order valence-corrected chi connectivity index (χ0v) is 10.3. The van der Waals surface area contributed by atoms with Gasteiger partial charge in [0, 0.05) is 6.54 Å². The molecule has 0 aliphatic carbocycles. The lowest BCUT2D eigenvalue weighted by Gasteiger charge is -2.20. The average Bonchev–Trinajstić information content (AvgIpc) is 2.14. The van der Waals surface area contributed by atoms with Crippen molar-refractivity contribution in [1.82, 2.24) is 10.4 Å². The van der Waals surface area contributed by atoms with E-state index in [1.807, 2.05) is 6.92 Å². The Hall–Kier alpha value is -0.230. The number of hydrogen-bond donors (Lipinski definition) is 3. The molecule has 0 aromatic rings. The predicted octanol–water partition coefficient (Wildman–Crippen LogP) is 2.53. The summed E-state index contributed by atoms with van der Waals surface area (Å²) < 4.78 is -2.13. The molecule has 0 saturated carbocycles. The van der Waals surface area contributed by atoms with Crippen molar-refractivity contribution in [3.05, 3.63) is 0 Å². The van der Waals surface area contributed by atoms with E-state index in [9.17, 15) is 4.79 Å². The fourth-order valence-corrected chi connectivity index (χ4v) is 0.909. The minimum Gasteiger partial charge on any atom is -0.336 e. The highest BCUT2D eigenvalue weighted by Gasteiger charge is 2.33. The second-order valence-electron chi connectivity index (χ2n) is 2.74. The van der Waals surface area contributed by atoms with Gasteiger partial charge in [-0.15, -0.1) is 0 Å². The van der Waals surface area contributed by atoms with Gasteiger partial charge in [0.05, 0.1) is 0 Å². The third kappa shape index (κ3) is 5.41. The molecule has 0 rings (SSSR count). The van der Waals surface area contributed by atoms with Crippen molar-refractivity contribution in [3.8, 4) is 0 Å². The number of hydroxylamine groups is 2. The lowest BCUT2D eigenvalue weighted by molar-refractivity contribution is 0.0238. The van der Waals surface area contributed by atoms with Gasteiger partial charge in [-0.25, -0.2) is 4.79 Å². The van der Waals surface area contributed by atoms with Gasteiger partial charge in [0.2, 0.25) is 3.79 Å². The van der Waals surface area contributed by atoms with Gasteiger partial charge in [-0.3, -0.25) is 10.6 Å². The van der Waals surface area contributed by atoms with Crippen molar-refractivity contribution < 1.29 is 10.0 Å². The number of hydrogen-bond acceptors (Lipinski definition) is 3. The number of rotatable bonds is 3. The average molecular weight is 277 g/mol. The SMILES string of the molecule is CCCCNC(=O)N(O)C(=N)C(Cl)(Cl)Cl. The molecule has 2 amide bonds. The van der Waals surface area contributed by atoms with E-state index in [4.69, 9.17) is 45.4 Å². The summed E-state index contributed by atoms with van der Waals surface area (Å²) in [6.45, 7) is 2.34. The molecule has 15 heavy (non-hydrogen) atoms. The van der Waals surface area contributed by atoms with Crippen LogP contribution in [0.25, 0.3) is 0 Å². The Balaban J connectivity index is 4.15. The molecule has 0 aromatic carbocycles. The van der Waals surface area contributed by atoms with Crippen LogP contribution in [-0.4, -0.2) is 32.5 Å². The van der Waals surface area contributed by atoms with E-state index >= 15 is 0 Å². The molecule has 0 fully saturated rings. The number of nitrogens with one attached hydrogen (secondary N) is 2. The molecular weight excluding hydrogens is 264 g/mol. The van der Waals surface area contributed by atoms with Gasteiger partial charge in [-0.2, -0.15) is 5.06 Å². The summed E-state index contributed by atoms with van der Waals surface area (Å²) in [7, 11) is 0. The summed E-state index contributed by atoms with van der Waals surface area (Å²) in [5.74, 6) is -0.818. The number of amidine groups is 1. The highest BCUT2D eigenvalue weighted by molar-refractivity contribution is 6.76. The van der Waals surface area contributed by atoms with Crippen LogP contribution < -0.4 is 5.32 Å². The van der Waals surface area contributed by atoms with Crippen LogP contribution in [-0.2, 0) is 0 Å². The molecule has 0 atom stereocenters. The van der Waals surface area contributed by atoms with E-state index in [1.54, 1.807) is 0 Å². The first kappa shape index (κ1) is 14.8. The third-order valence-electron chi connectivity index (χ3n) is 1.48. The van der Waals surface area contributed by atoms with Gasteiger partial charge in [-0.1, -0.05) is 48.1 Å². The summed E-state index contributed by atoms with van der Waals surface area (Å²) >= 11 is 15.9. The number of halogens is 3. The number of carbonyl (C=O) groups is 1. The lowest BCUT2D eigenvalue weighted by atomic mass is 10.3. The number of nitrogens with zero attached hydrogens (tertiary/aromatic N) is 1. The van der Waals surface area contributed by atoms with Gasteiger partial charge >= 0.3 is 6.03 Å². The first-order valence-electron chi connectivity index (χ1n) is 4.23. The van der Waals surface area contributed by atoms with Gasteiger partial charge in [0.15, 0.2) is 5.84 Å². The minimum atomic E-state index is -2.13. The number of alkyl halides is 3. The molecule has 0 saturated heterocycles. The highest BCUT2D eigenvalue weighted by atomic mass is 35.6. The zero-order valence-electron chi connectivity index (χ0n) is 8.06. The quantitative estimate of drug-likeness (QED) is 0.185. The number of urea groups is 1. The fraction of sp³-hybridized carbons (Fsp3) is 0.714. The second kappa shape index (κ2) is 6.37. The maximum atomic E-state index is 11.2. The van der Waals surface area contributed by atoms with Crippen LogP contribution >= 0.6 is 34.8 Å². The van der Waals surface area contributed by atoms with E-state index in [-0.39, 0.29) is 5.06 Å². The van der Waals surface area contributed by atoms with Crippen molar-refractivity contribution in [2.75, 3.05) is 6.54 Å². The maximum Gasteiger partial charge on any atom is 0.347 e. The Bertz CT molecular complexity index is 242. The van der Waals surface area contributed by atoms with Crippen molar-refractivity contribution in [2.45, 2.75) is 23.6 Å². The molecule has 0 aromatic heterocycles. The molecule has 5 nitrogen and oxygen atoms in total. The van der Waals surface area contributed by atoms with Crippen molar-refractivity contribution in [3.63, 3.8) is 0 Å². The van der Waals surface area contributed by atoms with E-state index in [0.717, 1.165) is 12.8 Å². The molecular formula is C7H12Cl3N3O2. The molecule has 3 N–H and O–H groups in total. The van der Waals surface area contributed by atoms with E-state index in [0.29, 0.717) is 6.54 Å². The Morgan fingerprint density at radius 1 is 1.53 bits per heavy atom. The number of carbonyl (C=O) groups excluding carboxylic acids is 1. The van der Waals surface area contributed by atoms with E-state index in [1.165, 1.54) is 0 Å².